The zero-order chi connectivity index (χ0) is 10.7. The third-order valence-electron chi connectivity index (χ3n) is 1.83. The maximum atomic E-state index is 13.4. The van der Waals surface area contributed by atoms with E-state index in [4.69, 9.17) is 5.73 Å². The van der Waals surface area contributed by atoms with Gasteiger partial charge in [0, 0.05) is 27.9 Å². The minimum absolute atomic E-state index is 0. The first-order chi connectivity index (χ1) is 7.25. The van der Waals surface area contributed by atoms with Crippen molar-refractivity contribution >= 4 is 42.3 Å². The van der Waals surface area contributed by atoms with E-state index in [0.717, 1.165) is 4.90 Å². The Morgan fingerprint density at radius 2 is 1.71 bits per heavy atom. The highest BCUT2D eigenvalue weighted by Gasteiger charge is 2.03. The fourth-order valence-corrected chi connectivity index (χ4v) is 1.94. The van der Waals surface area contributed by atoms with Gasteiger partial charge in [0.25, 0.3) is 0 Å². The van der Waals surface area contributed by atoms with E-state index in [1.807, 2.05) is 12.1 Å². The van der Waals surface area contributed by atoms with Crippen molar-refractivity contribution in [1.29, 1.82) is 0 Å². The first kappa shape index (κ1) is 16.0. The van der Waals surface area contributed by atoms with Crippen LogP contribution in [-0.4, -0.2) is 4.98 Å². The van der Waals surface area contributed by atoms with Crippen LogP contribution in [0.3, 0.4) is 0 Å². The summed E-state index contributed by atoms with van der Waals surface area (Å²) in [4.78, 5) is 5.41. The molecule has 0 bridgehead atoms. The predicted molar refractivity (Wildman–Crippen MR) is 73.7 cm³/mol. The molecule has 0 atom stereocenters. The molecule has 0 fully saturated rings. The lowest BCUT2D eigenvalue weighted by Crippen LogP contribution is -1.87. The summed E-state index contributed by atoms with van der Waals surface area (Å²) in [7, 11) is 0. The SMILES string of the molecule is Cl.Cl.Nc1ccc(Sc2ccncc2)c(F)c1. The lowest BCUT2D eigenvalue weighted by Gasteiger charge is -2.03. The largest absolute Gasteiger partial charge is 0.399 e. The van der Waals surface area contributed by atoms with Gasteiger partial charge in [-0.25, -0.2) is 4.39 Å². The lowest BCUT2D eigenvalue weighted by atomic mass is 10.3. The molecular formula is C11H11Cl2FN2S. The molecule has 0 saturated carbocycles. The molecule has 2 aromatic rings. The van der Waals surface area contributed by atoms with Crippen LogP contribution in [0.15, 0.2) is 52.5 Å². The van der Waals surface area contributed by atoms with Gasteiger partial charge >= 0.3 is 0 Å². The standard InChI is InChI=1S/C11H9FN2S.2ClH/c12-10-7-8(13)1-2-11(10)15-9-3-5-14-6-4-9;;/h1-7H,13H2;2*1H. The topological polar surface area (TPSA) is 38.9 Å². The van der Waals surface area contributed by atoms with Crippen LogP contribution in [-0.2, 0) is 0 Å². The molecule has 6 heteroatoms. The first-order valence-corrected chi connectivity index (χ1v) is 5.20. The second kappa shape index (κ2) is 7.37. The highest BCUT2D eigenvalue weighted by molar-refractivity contribution is 7.99. The van der Waals surface area contributed by atoms with E-state index in [-0.39, 0.29) is 30.6 Å². The Morgan fingerprint density at radius 1 is 1.06 bits per heavy atom. The van der Waals surface area contributed by atoms with Crippen molar-refractivity contribution in [2.75, 3.05) is 5.73 Å². The number of nitrogen functional groups attached to an aromatic ring is 1. The van der Waals surface area contributed by atoms with E-state index < -0.39 is 0 Å². The summed E-state index contributed by atoms with van der Waals surface area (Å²) in [5, 5.41) is 0. The molecule has 2 rings (SSSR count). The average molecular weight is 293 g/mol. The fraction of sp³-hybridized carbons (Fsp3) is 0. The monoisotopic (exact) mass is 292 g/mol. The molecular weight excluding hydrogens is 282 g/mol. The van der Waals surface area contributed by atoms with Gasteiger partial charge in [-0.3, -0.25) is 4.98 Å². The molecule has 1 aromatic carbocycles. The third-order valence-corrected chi connectivity index (χ3v) is 2.89. The van der Waals surface area contributed by atoms with Crippen molar-refractivity contribution in [3.05, 3.63) is 48.5 Å². The van der Waals surface area contributed by atoms with Gasteiger partial charge in [0.05, 0.1) is 0 Å². The van der Waals surface area contributed by atoms with Crippen LogP contribution in [0.1, 0.15) is 0 Å². The van der Waals surface area contributed by atoms with Gasteiger partial charge in [0.15, 0.2) is 0 Å². The maximum Gasteiger partial charge on any atom is 0.139 e. The number of rotatable bonds is 2. The summed E-state index contributed by atoms with van der Waals surface area (Å²) in [6, 6.07) is 8.35. The number of hydrogen-bond donors (Lipinski definition) is 1. The average Bonchev–Trinajstić information content (AvgIpc) is 2.24. The van der Waals surface area contributed by atoms with E-state index in [9.17, 15) is 4.39 Å². The Kier molecular flexibility index (Phi) is 6.95. The third kappa shape index (κ3) is 4.42. The molecule has 0 spiro atoms. The molecule has 1 aromatic heterocycles. The second-order valence-corrected chi connectivity index (χ2v) is 4.09. The zero-order valence-corrected chi connectivity index (χ0v) is 11.1. The molecule has 92 valence electrons. The van der Waals surface area contributed by atoms with E-state index >= 15 is 0 Å². The number of hydrogen-bond acceptors (Lipinski definition) is 3. The summed E-state index contributed by atoms with van der Waals surface area (Å²) >= 11 is 1.35. The molecule has 0 aliphatic heterocycles. The van der Waals surface area contributed by atoms with Crippen LogP contribution < -0.4 is 5.73 Å². The van der Waals surface area contributed by atoms with Crippen molar-refractivity contribution < 1.29 is 4.39 Å². The molecule has 0 aliphatic rings. The van der Waals surface area contributed by atoms with Gasteiger partial charge in [0.2, 0.25) is 0 Å². The Morgan fingerprint density at radius 3 is 2.29 bits per heavy atom. The van der Waals surface area contributed by atoms with E-state index in [0.29, 0.717) is 10.6 Å². The summed E-state index contributed by atoms with van der Waals surface area (Å²) in [6.07, 6.45) is 3.36. The lowest BCUT2D eigenvalue weighted by molar-refractivity contribution is 0.603. The molecule has 0 radical (unpaired) electrons. The molecule has 2 N–H and O–H groups in total. The normalized spacial score (nSPS) is 9.00. The van der Waals surface area contributed by atoms with Gasteiger partial charge in [0.1, 0.15) is 5.82 Å². The molecule has 1 heterocycles. The van der Waals surface area contributed by atoms with Crippen LogP contribution in [0.25, 0.3) is 0 Å². The number of aromatic nitrogens is 1. The summed E-state index contributed by atoms with van der Waals surface area (Å²) in [6.45, 7) is 0. The van der Waals surface area contributed by atoms with Gasteiger partial charge in [-0.15, -0.1) is 24.8 Å². The second-order valence-electron chi connectivity index (χ2n) is 2.97. The van der Waals surface area contributed by atoms with Crippen molar-refractivity contribution in [2.45, 2.75) is 9.79 Å². The van der Waals surface area contributed by atoms with Crippen LogP contribution in [0, 0.1) is 5.82 Å². The van der Waals surface area contributed by atoms with Gasteiger partial charge in [-0.1, -0.05) is 11.8 Å². The molecule has 2 nitrogen and oxygen atoms in total. The highest BCUT2D eigenvalue weighted by atomic mass is 35.5. The van der Waals surface area contributed by atoms with Gasteiger partial charge in [-0.2, -0.15) is 0 Å². The number of benzene rings is 1. The van der Waals surface area contributed by atoms with Gasteiger partial charge in [-0.05, 0) is 30.3 Å². The quantitative estimate of drug-likeness (QED) is 0.856. The summed E-state index contributed by atoms with van der Waals surface area (Å²) in [5.41, 5.74) is 5.90. The number of nitrogens with two attached hydrogens (primary N) is 1. The summed E-state index contributed by atoms with van der Waals surface area (Å²) in [5.74, 6) is -0.295. The van der Waals surface area contributed by atoms with Crippen molar-refractivity contribution in [2.24, 2.45) is 0 Å². The Labute approximate surface area is 116 Å². The van der Waals surface area contributed by atoms with Crippen LogP contribution in [0.5, 0.6) is 0 Å². The van der Waals surface area contributed by atoms with E-state index in [2.05, 4.69) is 4.98 Å². The molecule has 0 aliphatic carbocycles. The first-order valence-electron chi connectivity index (χ1n) is 4.38. The van der Waals surface area contributed by atoms with Gasteiger partial charge < -0.3 is 5.73 Å². The minimum atomic E-state index is -0.295. The molecule has 0 saturated heterocycles. The fourth-order valence-electron chi connectivity index (χ4n) is 1.13. The van der Waals surface area contributed by atoms with Crippen LogP contribution >= 0.6 is 36.6 Å². The van der Waals surface area contributed by atoms with E-state index in [1.54, 1.807) is 24.5 Å². The Hall–Kier alpha value is -0.970. The highest BCUT2D eigenvalue weighted by Crippen LogP contribution is 2.29. The number of anilines is 1. The van der Waals surface area contributed by atoms with Crippen molar-refractivity contribution in [3.63, 3.8) is 0 Å². The van der Waals surface area contributed by atoms with Crippen molar-refractivity contribution in [1.82, 2.24) is 4.98 Å². The molecule has 17 heavy (non-hydrogen) atoms. The summed E-state index contributed by atoms with van der Waals surface area (Å²) < 4.78 is 13.4. The molecule has 0 amide bonds. The Bertz CT molecular complexity index is 468. The maximum absolute atomic E-state index is 13.4. The number of nitrogens with zero attached hydrogens (tertiary/aromatic N) is 1. The molecule has 0 unspecified atom stereocenters. The van der Waals surface area contributed by atoms with Crippen LogP contribution in [0.4, 0.5) is 10.1 Å². The predicted octanol–water partition coefficient (Wildman–Crippen LogP) is 3.80. The zero-order valence-electron chi connectivity index (χ0n) is 8.67. The minimum Gasteiger partial charge on any atom is -0.399 e. The Balaban J connectivity index is 0.00000128. The number of pyridine rings is 1. The van der Waals surface area contributed by atoms with Crippen molar-refractivity contribution in [3.8, 4) is 0 Å². The van der Waals surface area contributed by atoms with E-state index in [1.165, 1.54) is 17.8 Å². The number of halogens is 3. The smallest absolute Gasteiger partial charge is 0.139 e. The van der Waals surface area contributed by atoms with Crippen LogP contribution in [0.2, 0.25) is 0 Å².